The van der Waals surface area contributed by atoms with Gasteiger partial charge in [-0.15, -0.1) is 0 Å². The Morgan fingerprint density at radius 2 is 1.71 bits per heavy atom. The van der Waals surface area contributed by atoms with E-state index >= 15 is 0 Å². The van der Waals surface area contributed by atoms with Gasteiger partial charge in [0.2, 0.25) is 0 Å². The Morgan fingerprint density at radius 3 is 2.32 bits per heavy atom. The minimum atomic E-state index is -0.961. The van der Waals surface area contributed by atoms with E-state index in [9.17, 15) is 4.79 Å². The van der Waals surface area contributed by atoms with Crippen LogP contribution in [0.15, 0.2) is 90.6 Å². The van der Waals surface area contributed by atoms with Crippen molar-refractivity contribution in [2.45, 2.75) is 38.7 Å². The van der Waals surface area contributed by atoms with Crippen molar-refractivity contribution in [3.8, 4) is 5.75 Å². The van der Waals surface area contributed by atoms with Crippen LogP contribution in [0.4, 0.5) is 0 Å². The van der Waals surface area contributed by atoms with E-state index in [0.717, 1.165) is 48.1 Å². The minimum Gasteiger partial charge on any atom is -0.482 e. The zero-order valence-electron chi connectivity index (χ0n) is 19.4. The number of carboxylic acid groups (broad SMARTS) is 1. The highest BCUT2D eigenvalue weighted by Crippen LogP contribution is 2.33. The lowest BCUT2D eigenvalue weighted by molar-refractivity contribution is -0.139. The predicted octanol–water partition coefficient (Wildman–Crippen LogP) is 5.86. The van der Waals surface area contributed by atoms with Crippen molar-refractivity contribution in [1.82, 2.24) is 5.48 Å². The van der Waals surface area contributed by atoms with Gasteiger partial charge >= 0.3 is 5.97 Å². The van der Waals surface area contributed by atoms with Gasteiger partial charge in [-0.2, -0.15) is 0 Å². The number of carboxylic acids is 1. The lowest BCUT2D eigenvalue weighted by atomic mass is 9.83. The number of ether oxygens (including phenoxy) is 1. The van der Waals surface area contributed by atoms with Crippen LogP contribution in [0.1, 0.15) is 48.1 Å². The Bertz CT molecular complexity index is 1070. The lowest BCUT2D eigenvalue weighted by Gasteiger charge is -2.26. The molecule has 34 heavy (non-hydrogen) atoms. The Balaban J connectivity index is 1.45. The van der Waals surface area contributed by atoms with Crippen LogP contribution < -0.4 is 10.2 Å². The second-order valence-electron chi connectivity index (χ2n) is 8.55. The highest BCUT2D eigenvalue weighted by molar-refractivity contribution is 5.68. The molecule has 1 atom stereocenters. The van der Waals surface area contributed by atoms with Gasteiger partial charge in [0.15, 0.2) is 6.61 Å². The van der Waals surface area contributed by atoms with E-state index in [2.05, 4.69) is 48.8 Å². The molecule has 1 aliphatic carbocycles. The number of hydrogen-bond acceptors (Lipinski definition) is 4. The molecule has 0 aromatic heterocycles. The maximum Gasteiger partial charge on any atom is 0.341 e. The van der Waals surface area contributed by atoms with Crippen molar-refractivity contribution in [2.75, 3.05) is 6.61 Å². The number of nitrogens with one attached hydrogen (secondary N) is 1. The normalized spacial score (nSPS) is 15.6. The van der Waals surface area contributed by atoms with E-state index in [4.69, 9.17) is 14.7 Å². The summed E-state index contributed by atoms with van der Waals surface area (Å²) in [5, 5.41) is 8.93. The van der Waals surface area contributed by atoms with Gasteiger partial charge in [0.05, 0.1) is 0 Å². The Labute approximate surface area is 201 Å². The number of aliphatic carboxylic acids is 1. The number of benzene rings is 3. The number of hydroxylamine groups is 1. The molecular weight excluding hydrogens is 426 g/mol. The molecule has 1 aliphatic rings. The summed E-state index contributed by atoms with van der Waals surface area (Å²) in [6.07, 6.45) is 5.64. The van der Waals surface area contributed by atoms with Crippen LogP contribution in [0.25, 0.3) is 0 Å². The van der Waals surface area contributed by atoms with Crippen molar-refractivity contribution in [3.63, 3.8) is 0 Å². The molecule has 0 saturated heterocycles. The van der Waals surface area contributed by atoms with Crippen molar-refractivity contribution in [3.05, 3.63) is 113 Å². The molecule has 5 heteroatoms. The number of allylic oxidation sites excluding steroid dienone is 2. The summed E-state index contributed by atoms with van der Waals surface area (Å²) in [7, 11) is 0. The largest absolute Gasteiger partial charge is 0.482 e. The summed E-state index contributed by atoms with van der Waals surface area (Å²) in [5.74, 6) is 0.102. The zero-order chi connectivity index (χ0) is 23.8. The van der Waals surface area contributed by atoms with E-state index in [1.165, 1.54) is 5.56 Å². The van der Waals surface area contributed by atoms with Gasteiger partial charge in [-0.1, -0.05) is 85.8 Å². The van der Waals surface area contributed by atoms with Crippen LogP contribution in [0.5, 0.6) is 5.75 Å². The quantitative estimate of drug-likeness (QED) is 0.373. The van der Waals surface area contributed by atoms with Crippen LogP contribution in [0.3, 0.4) is 0 Å². The van der Waals surface area contributed by atoms with Gasteiger partial charge in [0.1, 0.15) is 11.9 Å². The highest BCUT2D eigenvalue weighted by Gasteiger charge is 2.21. The van der Waals surface area contributed by atoms with Gasteiger partial charge in [0, 0.05) is 5.70 Å². The Morgan fingerprint density at radius 1 is 1.03 bits per heavy atom. The van der Waals surface area contributed by atoms with Crippen LogP contribution in [-0.4, -0.2) is 17.7 Å². The van der Waals surface area contributed by atoms with E-state index < -0.39 is 5.97 Å². The molecule has 0 fully saturated rings. The number of rotatable bonds is 10. The van der Waals surface area contributed by atoms with Gasteiger partial charge in [-0.25, -0.2) is 4.79 Å². The summed E-state index contributed by atoms with van der Waals surface area (Å²) in [6, 6.07) is 26.4. The Kier molecular flexibility index (Phi) is 7.99. The van der Waals surface area contributed by atoms with Crippen LogP contribution in [-0.2, 0) is 22.5 Å². The Hall–Kier alpha value is -3.57. The van der Waals surface area contributed by atoms with Crippen molar-refractivity contribution in [2.24, 2.45) is 5.92 Å². The first kappa shape index (κ1) is 23.6. The van der Waals surface area contributed by atoms with E-state index in [1.807, 2.05) is 48.5 Å². The molecule has 5 nitrogen and oxygen atoms in total. The lowest BCUT2D eigenvalue weighted by Crippen LogP contribution is -2.21. The SMILES string of the molecule is CCC(=CC1CCc2c(cccc2OCC(=O)O)C1)NOC(c1ccccc1)c1ccccc1. The average Bonchev–Trinajstić information content (AvgIpc) is 2.88. The van der Waals surface area contributed by atoms with Crippen molar-refractivity contribution >= 4 is 5.97 Å². The summed E-state index contributed by atoms with van der Waals surface area (Å²) in [5.41, 5.74) is 8.85. The summed E-state index contributed by atoms with van der Waals surface area (Å²) in [4.78, 5) is 17.1. The van der Waals surface area contributed by atoms with E-state index in [0.29, 0.717) is 11.7 Å². The maximum atomic E-state index is 10.9. The third-order valence-electron chi connectivity index (χ3n) is 6.16. The molecule has 1 unspecified atom stereocenters. The fraction of sp³-hybridized carbons (Fsp3) is 0.276. The van der Waals surface area contributed by atoms with Crippen molar-refractivity contribution in [1.29, 1.82) is 0 Å². The van der Waals surface area contributed by atoms with Gasteiger partial charge in [0.25, 0.3) is 0 Å². The summed E-state index contributed by atoms with van der Waals surface area (Å²) < 4.78 is 5.51. The average molecular weight is 458 g/mol. The predicted molar refractivity (Wildman–Crippen MR) is 132 cm³/mol. The first-order valence-electron chi connectivity index (χ1n) is 11.8. The molecular formula is C29H31NO4. The zero-order valence-corrected chi connectivity index (χ0v) is 19.4. The molecule has 0 amide bonds. The number of carbonyl (C=O) groups is 1. The molecule has 0 spiro atoms. The third kappa shape index (κ3) is 6.06. The summed E-state index contributed by atoms with van der Waals surface area (Å²) in [6.45, 7) is 1.81. The maximum absolute atomic E-state index is 10.9. The second kappa shape index (κ2) is 11.5. The first-order chi connectivity index (χ1) is 16.6. The fourth-order valence-electron chi connectivity index (χ4n) is 4.44. The molecule has 4 rings (SSSR count). The monoisotopic (exact) mass is 457 g/mol. The van der Waals surface area contributed by atoms with E-state index in [-0.39, 0.29) is 12.7 Å². The fourth-order valence-corrected chi connectivity index (χ4v) is 4.44. The van der Waals surface area contributed by atoms with Crippen molar-refractivity contribution < 1.29 is 19.5 Å². The van der Waals surface area contributed by atoms with Crippen LogP contribution >= 0.6 is 0 Å². The molecule has 0 radical (unpaired) electrons. The van der Waals surface area contributed by atoms with Gasteiger partial charge in [-0.05, 0) is 59.9 Å². The summed E-state index contributed by atoms with van der Waals surface area (Å²) >= 11 is 0. The third-order valence-corrected chi connectivity index (χ3v) is 6.16. The number of fused-ring (bicyclic) bond motifs is 1. The highest BCUT2D eigenvalue weighted by atomic mass is 16.7. The smallest absolute Gasteiger partial charge is 0.341 e. The molecule has 0 bridgehead atoms. The molecule has 0 aliphatic heterocycles. The standard InChI is InChI=1S/C29H31NO4/c1-2-25(30-34-29(22-10-5-3-6-11-22)23-12-7-4-8-13-23)19-21-16-17-26-24(18-21)14-9-15-27(26)33-20-28(31)32/h3-15,19,21,29-30H,2,16-18,20H2,1H3,(H,31,32). The molecule has 3 aromatic rings. The number of hydrogen-bond donors (Lipinski definition) is 2. The van der Waals surface area contributed by atoms with Gasteiger partial charge < -0.3 is 9.84 Å². The van der Waals surface area contributed by atoms with Crippen LogP contribution in [0, 0.1) is 5.92 Å². The van der Waals surface area contributed by atoms with Gasteiger partial charge in [-0.3, -0.25) is 10.3 Å². The van der Waals surface area contributed by atoms with Crippen LogP contribution in [0.2, 0.25) is 0 Å². The molecule has 176 valence electrons. The molecule has 0 saturated carbocycles. The molecule has 0 heterocycles. The minimum absolute atomic E-state index is 0.210. The first-order valence-corrected chi connectivity index (χ1v) is 11.8. The topological polar surface area (TPSA) is 67.8 Å². The second-order valence-corrected chi connectivity index (χ2v) is 8.55. The van der Waals surface area contributed by atoms with E-state index in [1.54, 1.807) is 0 Å². The molecule has 3 aromatic carbocycles. The molecule has 2 N–H and O–H groups in total.